The van der Waals surface area contributed by atoms with Crippen LogP contribution in [0.5, 0.6) is 0 Å². The standard InChI is InChI=1S/C13H11F2NOS/c1-16-6-2-3-11(16)12(17)8-18-13-5-4-9(14)7-10(13)15/h2-7H,8H2,1H3. The monoisotopic (exact) mass is 267 g/mol. The van der Waals surface area contributed by atoms with E-state index in [1.807, 2.05) is 0 Å². The SMILES string of the molecule is Cn1cccc1C(=O)CSc1ccc(F)cc1F. The summed E-state index contributed by atoms with van der Waals surface area (Å²) in [6.45, 7) is 0. The highest BCUT2D eigenvalue weighted by atomic mass is 32.2. The maximum Gasteiger partial charge on any atom is 0.189 e. The molecule has 2 nitrogen and oxygen atoms in total. The number of aryl methyl sites for hydroxylation is 1. The molecule has 94 valence electrons. The van der Waals surface area contributed by atoms with Crippen molar-refractivity contribution in [2.45, 2.75) is 4.90 Å². The molecule has 1 aromatic carbocycles. The number of hydrogen-bond acceptors (Lipinski definition) is 2. The molecule has 0 spiro atoms. The quantitative estimate of drug-likeness (QED) is 0.626. The zero-order chi connectivity index (χ0) is 13.1. The number of thioether (sulfide) groups is 1. The van der Waals surface area contributed by atoms with Gasteiger partial charge in [-0.1, -0.05) is 0 Å². The van der Waals surface area contributed by atoms with Crippen molar-refractivity contribution in [3.63, 3.8) is 0 Å². The Morgan fingerprint density at radius 1 is 1.33 bits per heavy atom. The second-order valence-electron chi connectivity index (χ2n) is 3.79. The Morgan fingerprint density at radius 2 is 2.11 bits per heavy atom. The summed E-state index contributed by atoms with van der Waals surface area (Å²) in [5, 5.41) is 0. The molecule has 0 aliphatic rings. The van der Waals surface area contributed by atoms with E-state index in [4.69, 9.17) is 0 Å². The fourth-order valence-electron chi connectivity index (χ4n) is 1.56. The first-order valence-electron chi connectivity index (χ1n) is 5.30. The summed E-state index contributed by atoms with van der Waals surface area (Å²) in [6, 6.07) is 6.82. The molecule has 0 fully saturated rings. The van der Waals surface area contributed by atoms with Crippen LogP contribution in [-0.4, -0.2) is 16.1 Å². The lowest BCUT2D eigenvalue weighted by atomic mass is 10.3. The van der Waals surface area contributed by atoms with Crippen molar-refractivity contribution in [2.24, 2.45) is 7.05 Å². The van der Waals surface area contributed by atoms with E-state index in [2.05, 4.69) is 0 Å². The topological polar surface area (TPSA) is 22.0 Å². The highest BCUT2D eigenvalue weighted by molar-refractivity contribution is 8.00. The van der Waals surface area contributed by atoms with Crippen molar-refractivity contribution in [3.05, 3.63) is 53.9 Å². The van der Waals surface area contributed by atoms with Crippen molar-refractivity contribution < 1.29 is 13.6 Å². The minimum atomic E-state index is -0.639. The first kappa shape index (κ1) is 12.8. The molecule has 2 aromatic rings. The van der Waals surface area contributed by atoms with Gasteiger partial charge in [-0.15, -0.1) is 11.8 Å². The lowest BCUT2D eigenvalue weighted by Crippen LogP contribution is -2.07. The molecule has 0 aliphatic carbocycles. The van der Waals surface area contributed by atoms with E-state index >= 15 is 0 Å². The van der Waals surface area contributed by atoms with Gasteiger partial charge < -0.3 is 4.57 Å². The van der Waals surface area contributed by atoms with Gasteiger partial charge in [0.25, 0.3) is 0 Å². The van der Waals surface area contributed by atoms with Gasteiger partial charge in [0.1, 0.15) is 11.6 Å². The third-order valence-corrected chi connectivity index (χ3v) is 3.53. The lowest BCUT2D eigenvalue weighted by molar-refractivity contribution is 0.101. The second-order valence-corrected chi connectivity index (χ2v) is 4.81. The maximum atomic E-state index is 13.3. The number of rotatable bonds is 4. The number of ketones is 1. The number of benzene rings is 1. The second kappa shape index (κ2) is 5.35. The van der Waals surface area contributed by atoms with E-state index in [1.54, 1.807) is 29.9 Å². The van der Waals surface area contributed by atoms with Gasteiger partial charge in [0.05, 0.1) is 11.4 Å². The molecule has 0 aliphatic heterocycles. The minimum Gasteiger partial charge on any atom is -0.348 e. The van der Waals surface area contributed by atoms with E-state index in [0.29, 0.717) is 5.69 Å². The van der Waals surface area contributed by atoms with Gasteiger partial charge in [0.15, 0.2) is 5.78 Å². The summed E-state index contributed by atoms with van der Waals surface area (Å²) < 4.78 is 27.8. The molecule has 5 heteroatoms. The third-order valence-electron chi connectivity index (χ3n) is 2.48. The summed E-state index contributed by atoms with van der Waals surface area (Å²) in [5.41, 5.74) is 0.574. The van der Waals surface area contributed by atoms with Crippen LogP contribution in [0.25, 0.3) is 0 Å². The van der Waals surface area contributed by atoms with Crippen molar-refractivity contribution in [1.82, 2.24) is 4.57 Å². The number of halogens is 2. The third kappa shape index (κ3) is 2.79. The average molecular weight is 267 g/mol. The number of carbonyl (C=O) groups is 1. The van der Waals surface area contributed by atoms with Crippen molar-refractivity contribution >= 4 is 17.5 Å². The van der Waals surface area contributed by atoms with Crippen LogP contribution in [0.1, 0.15) is 10.5 Å². The van der Waals surface area contributed by atoms with Crippen LogP contribution < -0.4 is 0 Å². The number of hydrogen-bond donors (Lipinski definition) is 0. The van der Waals surface area contributed by atoms with Gasteiger partial charge >= 0.3 is 0 Å². The van der Waals surface area contributed by atoms with Crippen molar-refractivity contribution in [2.75, 3.05) is 5.75 Å². The minimum absolute atomic E-state index is 0.0868. The van der Waals surface area contributed by atoms with E-state index < -0.39 is 11.6 Å². The smallest absolute Gasteiger partial charge is 0.189 e. The Hall–Kier alpha value is -1.62. The van der Waals surface area contributed by atoms with Crippen LogP contribution in [0.15, 0.2) is 41.4 Å². The molecular weight excluding hydrogens is 256 g/mol. The van der Waals surface area contributed by atoms with E-state index in [9.17, 15) is 13.6 Å². The maximum absolute atomic E-state index is 13.3. The van der Waals surface area contributed by atoms with E-state index in [0.717, 1.165) is 17.8 Å². The molecule has 0 saturated carbocycles. The van der Waals surface area contributed by atoms with Gasteiger partial charge in [-0.2, -0.15) is 0 Å². The van der Waals surface area contributed by atoms with Gasteiger partial charge in [-0.3, -0.25) is 4.79 Å². The molecule has 0 amide bonds. The fraction of sp³-hybridized carbons (Fsp3) is 0.154. The zero-order valence-corrected chi connectivity index (χ0v) is 10.5. The van der Waals surface area contributed by atoms with Gasteiger partial charge in [-0.25, -0.2) is 8.78 Å². The summed E-state index contributed by atoms with van der Waals surface area (Å²) in [5.74, 6) is -1.22. The van der Waals surface area contributed by atoms with Crippen LogP contribution in [0.4, 0.5) is 8.78 Å². The summed E-state index contributed by atoms with van der Waals surface area (Å²) in [7, 11) is 1.77. The van der Waals surface area contributed by atoms with Crippen molar-refractivity contribution in [3.8, 4) is 0 Å². The van der Waals surface area contributed by atoms with Crippen LogP contribution in [0.2, 0.25) is 0 Å². The zero-order valence-electron chi connectivity index (χ0n) is 9.69. The Labute approximate surface area is 108 Å². The predicted octanol–water partition coefficient (Wildman–Crippen LogP) is 3.28. The number of nitrogens with zero attached hydrogens (tertiary/aromatic N) is 1. The van der Waals surface area contributed by atoms with E-state index in [-0.39, 0.29) is 16.4 Å². The molecule has 1 aromatic heterocycles. The molecule has 1 heterocycles. The lowest BCUT2D eigenvalue weighted by Gasteiger charge is -2.04. The number of carbonyl (C=O) groups excluding carboxylic acids is 1. The summed E-state index contributed by atoms with van der Waals surface area (Å²) in [6.07, 6.45) is 1.77. The first-order chi connectivity index (χ1) is 8.58. The van der Waals surface area contributed by atoms with Gasteiger partial charge in [0, 0.05) is 24.2 Å². The Bertz CT molecular complexity index is 580. The molecule has 18 heavy (non-hydrogen) atoms. The Kier molecular flexibility index (Phi) is 3.81. The first-order valence-corrected chi connectivity index (χ1v) is 6.29. The molecule has 0 bridgehead atoms. The predicted molar refractivity (Wildman–Crippen MR) is 66.8 cm³/mol. The molecule has 0 unspecified atom stereocenters. The molecule has 2 rings (SSSR count). The highest BCUT2D eigenvalue weighted by Crippen LogP contribution is 2.23. The van der Waals surface area contributed by atoms with E-state index in [1.165, 1.54) is 12.1 Å². The number of Topliss-reactive ketones (excluding diaryl/α,β-unsaturated/α-hetero) is 1. The summed E-state index contributed by atoms with van der Waals surface area (Å²) in [4.78, 5) is 12.1. The molecule has 0 N–H and O–H groups in total. The van der Waals surface area contributed by atoms with Crippen LogP contribution >= 0.6 is 11.8 Å². The van der Waals surface area contributed by atoms with Crippen LogP contribution in [0, 0.1) is 11.6 Å². The highest BCUT2D eigenvalue weighted by Gasteiger charge is 2.11. The molecular formula is C13H11F2NOS. The molecule has 0 atom stereocenters. The largest absolute Gasteiger partial charge is 0.348 e. The van der Waals surface area contributed by atoms with Gasteiger partial charge in [0.2, 0.25) is 0 Å². The van der Waals surface area contributed by atoms with Gasteiger partial charge in [-0.05, 0) is 24.3 Å². The fourth-order valence-corrected chi connectivity index (χ4v) is 2.36. The molecule has 0 saturated heterocycles. The average Bonchev–Trinajstić information content (AvgIpc) is 2.74. The Balaban J connectivity index is 2.04. The Morgan fingerprint density at radius 3 is 2.72 bits per heavy atom. The summed E-state index contributed by atoms with van der Waals surface area (Å²) >= 11 is 1.07. The van der Waals surface area contributed by atoms with Crippen LogP contribution in [-0.2, 0) is 7.05 Å². The normalized spacial score (nSPS) is 10.6. The van der Waals surface area contributed by atoms with Crippen molar-refractivity contribution in [1.29, 1.82) is 0 Å². The number of aromatic nitrogens is 1. The molecule has 0 radical (unpaired) electrons. The van der Waals surface area contributed by atoms with Crippen LogP contribution in [0.3, 0.4) is 0 Å².